The van der Waals surface area contributed by atoms with Gasteiger partial charge < -0.3 is 10.2 Å². The van der Waals surface area contributed by atoms with Crippen LogP contribution in [0.4, 0.5) is 0 Å². The van der Waals surface area contributed by atoms with Crippen molar-refractivity contribution in [2.24, 2.45) is 5.41 Å². The molecule has 1 aliphatic carbocycles. The molecular formula is C15H25BrN2S. The molecule has 0 aromatic carbocycles. The van der Waals surface area contributed by atoms with Gasteiger partial charge in [-0.15, -0.1) is 11.3 Å². The molecule has 4 heteroatoms. The number of halogens is 1. The maximum atomic E-state index is 3.57. The molecule has 1 N–H and O–H groups in total. The van der Waals surface area contributed by atoms with Crippen molar-refractivity contribution in [1.29, 1.82) is 0 Å². The quantitative estimate of drug-likeness (QED) is 0.800. The number of nitrogens with one attached hydrogen (secondary N) is 1. The predicted molar refractivity (Wildman–Crippen MR) is 87.8 cm³/mol. The fourth-order valence-electron chi connectivity index (χ4n) is 3.27. The normalized spacial score (nSPS) is 18.3. The highest BCUT2D eigenvalue weighted by molar-refractivity contribution is 9.11. The molecule has 19 heavy (non-hydrogen) atoms. The second-order valence-electron chi connectivity index (χ2n) is 5.92. The van der Waals surface area contributed by atoms with Crippen LogP contribution in [-0.4, -0.2) is 31.6 Å². The van der Waals surface area contributed by atoms with Crippen LogP contribution in [-0.2, 0) is 6.54 Å². The summed E-state index contributed by atoms with van der Waals surface area (Å²) in [5.74, 6) is 0. The molecule has 0 aliphatic heterocycles. The number of rotatable bonds is 7. The lowest BCUT2D eigenvalue weighted by molar-refractivity contribution is 0.168. The van der Waals surface area contributed by atoms with Crippen LogP contribution in [0.1, 0.15) is 38.2 Å². The first kappa shape index (κ1) is 15.5. The SMILES string of the molecule is CCNCC1(CN(C)Cc2csc(Br)c2)CCCC1. The van der Waals surface area contributed by atoms with Crippen molar-refractivity contribution >= 4 is 27.3 Å². The summed E-state index contributed by atoms with van der Waals surface area (Å²) >= 11 is 5.32. The van der Waals surface area contributed by atoms with Gasteiger partial charge in [0.15, 0.2) is 0 Å². The first-order valence-corrected chi connectivity index (χ1v) is 8.93. The van der Waals surface area contributed by atoms with Crippen LogP contribution in [0.3, 0.4) is 0 Å². The van der Waals surface area contributed by atoms with E-state index < -0.39 is 0 Å². The van der Waals surface area contributed by atoms with E-state index in [1.165, 1.54) is 48.1 Å². The Balaban J connectivity index is 1.89. The molecule has 0 unspecified atom stereocenters. The molecule has 1 aliphatic rings. The third-order valence-electron chi connectivity index (χ3n) is 4.09. The van der Waals surface area contributed by atoms with Gasteiger partial charge in [-0.05, 0) is 64.8 Å². The molecule has 1 aromatic heterocycles. The third-order valence-corrected chi connectivity index (χ3v) is 5.65. The summed E-state index contributed by atoms with van der Waals surface area (Å²) in [6.45, 7) is 6.75. The summed E-state index contributed by atoms with van der Waals surface area (Å²) in [4.78, 5) is 2.50. The Morgan fingerprint density at radius 1 is 1.42 bits per heavy atom. The highest BCUT2D eigenvalue weighted by Gasteiger charge is 2.34. The summed E-state index contributed by atoms with van der Waals surface area (Å²) in [5.41, 5.74) is 1.94. The zero-order chi connectivity index (χ0) is 13.7. The Kier molecular flexibility index (Phi) is 5.87. The van der Waals surface area contributed by atoms with E-state index in [0.29, 0.717) is 5.41 Å². The Bertz CT molecular complexity index is 385. The van der Waals surface area contributed by atoms with Crippen molar-refractivity contribution in [2.75, 3.05) is 26.7 Å². The standard InChI is InChI=1S/C15H25BrN2S/c1-3-17-11-15(6-4-5-7-15)12-18(2)9-13-8-14(16)19-10-13/h8,10,17H,3-7,9,11-12H2,1-2H3. The monoisotopic (exact) mass is 344 g/mol. The lowest BCUT2D eigenvalue weighted by Crippen LogP contribution is -2.41. The van der Waals surface area contributed by atoms with Crippen LogP contribution >= 0.6 is 27.3 Å². The van der Waals surface area contributed by atoms with Crippen molar-refractivity contribution in [3.8, 4) is 0 Å². The number of hydrogen-bond donors (Lipinski definition) is 1. The van der Waals surface area contributed by atoms with E-state index in [1.807, 2.05) is 0 Å². The van der Waals surface area contributed by atoms with Crippen LogP contribution in [0.5, 0.6) is 0 Å². The fraction of sp³-hybridized carbons (Fsp3) is 0.733. The van der Waals surface area contributed by atoms with Crippen molar-refractivity contribution in [3.63, 3.8) is 0 Å². The van der Waals surface area contributed by atoms with E-state index in [-0.39, 0.29) is 0 Å². The van der Waals surface area contributed by atoms with Crippen molar-refractivity contribution in [2.45, 2.75) is 39.2 Å². The van der Waals surface area contributed by atoms with E-state index in [2.05, 4.69) is 51.6 Å². The summed E-state index contributed by atoms with van der Waals surface area (Å²) < 4.78 is 1.24. The second kappa shape index (κ2) is 7.21. The molecule has 1 saturated carbocycles. The molecule has 2 nitrogen and oxygen atoms in total. The van der Waals surface area contributed by atoms with Gasteiger partial charge in [0.25, 0.3) is 0 Å². The fourth-order valence-corrected chi connectivity index (χ4v) is 4.48. The zero-order valence-electron chi connectivity index (χ0n) is 12.0. The molecule has 1 heterocycles. The highest BCUT2D eigenvalue weighted by atomic mass is 79.9. The van der Waals surface area contributed by atoms with E-state index in [1.54, 1.807) is 11.3 Å². The Hall–Kier alpha value is 0.100. The van der Waals surface area contributed by atoms with E-state index >= 15 is 0 Å². The molecule has 1 aromatic rings. The molecule has 1 fully saturated rings. The average molecular weight is 345 g/mol. The van der Waals surface area contributed by atoms with Crippen molar-refractivity contribution in [3.05, 3.63) is 20.8 Å². The van der Waals surface area contributed by atoms with Crippen LogP contribution in [0.2, 0.25) is 0 Å². The predicted octanol–water partition coefficient (Wildman–Crippen LogP) is 4.11. The first-order chi connectivity index (χ1) is 9.13. The van der Waals surface area contributed by atoms with Gasteiger partial charge in [-0.1, -0.05) is 19.8 Å². The van der Waals surface area contributed by atoms with Crippen molar-refractivity contribution < 1.29 is 0 Å². The summed E-state index contributed by atoms with van der Waals surface area (Å²) in [7, 11) is 2.26. The summed E-state index contributed by atoms with van der Waals surface area (Å²) in [6, 6.07) is 2.24. The molecule has 2 rings (SSSR count). The van der Waals surface area contributed by atoms with Crippen LogP contribution in [0, 0.1) is 5.41 Å². The van der Waals surface area contributed by atoms with Gasteiger partial charge >= 0.3 is 0 Å². The topological polar surface area (TPSA) is 15.3 Å². The number of hydrogen-bond acceptors (Lipinski definition) is 3. The average Bonchev–Trinajstić information content (AvgIpc) is 2.97. The minimum absolute atomic E-state index is 0.512. The van der Waals surface area contributed by atoms with Gasteiger partial charge in [-0.25, -0.2) is 0 Å². The molecule has 0 bridgehead atoms. The molecular weight excluding hydrogens is 320 g/mol. The van der Waals surface area contributed by atoms with Gasteiger partial charge in [0.05, 0.1) is 3.79 Å². The first-order valence-electron chi connectivity index (χ1n) is 7.26. The molecule has 108 valence electrons. The third kappa shape index (κ3) is 4.55. The second-order valence-corrected chi connectivity index (χ2v) is 8.21. The Labute approximate surface area is 129 Å². The summed E-state index contributed by atoms with van der Waals surface area (Å²) in [6.07, 6.45) is 5.59. The molecule has 0 amide bonds. The largest absolute Gasteiger partial charge is 0.316 e. The molecule has 0 radical (unpaired) electrons. The van der Waals surface area contributed by atoms with Gasteiger partial charge in [-0.2, -0.15) is 0 Å². The number of nitrogens with zero attached hydrogens (tertiary/aromatic N) is 1. The van der Waals surface area contributed by atoms with E-state index in [4.69, 9.17) is 0 Å². The van der Waals surface area contributed by atoms with E-state index in [9.17, 15) is 0 Å². The maximum Gasteiger partial charge on any atom is 0.0701 e. The van der Waals surface area contributed by atoms with Crippen LogP contribution in [0.15, 0.2) is 15.2 Å². The maximum absolute atomic E-state index is 3.57. The molecule has 0 spiro atoms. The van der Waals surface area contributed by atoms with Gasteiger partial charge in [0.1, 0.15) is 0 Å². The van der Waals surface area contributed by atoms with E-state index in [0.717, 1.165) is 13.1 Å². The van der Waals surface area contributed by atoms with Crippen molar-refractivity contribution in [1.82, 2.24) is 10.2 Å². The smallest absolute Gasteiger partial charge is 0.0701 e. The minimum atomic E-state index is 0.512. The van der Waals surface area contributed by atoms with Gasteiger partial charge in [0.2, 0.25) is 0 Å². The van der Waals surface area contributed by atoms with Gasteiger partial charge in [-0.3, -0.25) is 0 Å². The highest BCUT2D eigenvalue weighted by Crippen LogP contribution is 2.38. The van der Waals surface area contributed by atoms with Gasteiger partial charge in [0, 0.05) is 19.6 Å². The molecule has 0 saturated heterocycles. The van der Waals surface area contributed by atoms with Crippen LogP contribution < -0.4 is 5.32 Å². The lowest BCUT2D eigenvalue weighted by atomic mass is 9.85. The number of thiophene rings is 1. The Morgan fingerprint density at radius 2 is 2.16 bits per heavy atom. The summed E-state index contributed by atoms with van der Waals surface area (Å²) in [5, 5.41) is 5.83. The van der Waals surface area contributed by atoms with Crippen LogP contribution in [0.25, 0.3) is 0 Å². The molecule has 0 atom stereocenters. The lowest BCUT2D eigenvalue weighted by Gasteiger charge is -2.34. The zero-order valence-corrected chi connectivity index (χ0v) is 14.4. The Morgan fingerprint density at radius 3 is 2.74 bits per heavy atom. The minimum Gasteiger partial charge on any atom is -0.316 e.